The van der Waals surface area contributed by atoms with Gasteiger partial charge in [-0.2, -0.15) is 0 Å². The van der Waals surface area contributed by atoms with E-state index in [4.69, 9.17) is 16.3 Å². The van der Waals surface area contributed by atoms with E-state index in [0.717, 1.165) is 44.4 Å². The van der Waals surface area contributed by atoms with Crippen molar-refractivity contribution in [1.29, 1.82) is 0 Å². The highest BCUT2D eigenvalue weighted by atomic mass is 35.5. The number of piperazine rings is 1. The lowest BCUT2D eigenvalue weighted by Gasteiger charge is -2.46. The summed E-state index contributed by atoms with van der Waals surface area (Å²) < 4.78 is 5.96. The second kappa shape index (κ2) is 7.58. The molecule has 132 valence electrons. The Kier molecular flexibility index (Phi) is 5.04. The Hall–Kier alpha value is -1.85. The Morgan fingerprint density at radius 3 is 2.80 bits per heavy atom. The first-order valence-corrected chi connectivity index (χ1v) is 9.31. The second-order valence-corrected chi connectivity index (χ2v) is 7.18. The van der Waals surface area contributed by atoms with E-state index in [2.05, 4.69) is 19.8 Å². The molecule has 0 amide bonds. The van der Waals surface area contributed by atoms with Crippen molar-refractivity contribution in [3.05, 3.63) is 47.9 Å². The number of fused-ring (bicyclic) bond motifs is 1. The smallest absolute Gasteiger partial charge is 0.224 e. The summed E-state index contributed by atoms with van der Waals surface area (Å²) in [4.78, 5) is 13.3. The van der Waals surface area contributed by atoms with Gasteiger partial charge in [0.1, 0.15) is 11.6 Å². The lowest BCUT2D eigenvalue weighted by molar-refractivity contribution is 0.0727. The molecule has 1 unspecified atom stereocenters. The third kappa shape index (κ3) is 4.05. The van der Waals surface area contributed by atoms with Crippen molar-refractivity contribution in [3.63, 3.8) is 0 Å². The van der Waals surface area contributed by atoms with E-state index in [1.807, 2.05) is 36.4 Å². The highest BCUT2D eigenvalue weighted by Crippen LogP contribution is 2.27. The average molecular weight is 359 g/mol. The Bertz CT molecular complexity index is 699. The molecular weight excluding hydrogens is 336 g/mol. The Balaban J connectivity index is 1.31. The van der Waals surface area contributed by atoms with Gasteiger partial charge in [-0.25, -0.2) is 9.97 Å². The minimum atomic E-state index is 0.321. The zero-order valence-corrected chi connectivity index (χ0v) is 15.0. The first-order chi connectivity index (χ1) is 12.3. The number of anilines is 1. The number of halogens is 1. The number of benzene rings is 1. The molecule has 4 rings (SSSR count). The number of nitrogens with zero attached hydrogens (tertiary/aromatic N) is 4. The summed E-state index contributed by atoms with van der Waals surface area (Å²) in [6.07, 6.45) is 4.15. The lowest BCUT2D eigenvalue weighted by Crippen LogP contribution is -2.57. The number of ether oxygens (including phenoxy) is 1. The van der Waals surface area contributed by atoms with Crippen molar-refractivity contribution in [2.24, 2.45) is 5.92 Å². The van der Waals surface area contributed by atoms with Crippen molar-refractivity contribution in [3.8, 4) is 5.75 Å². The molecule has 0 radical (unpaired) electrons. The molecule has 2 saturated heterocycles. The predicted octanol–water partition coefficient (Wildman–Crippen LogP) is 3.11. The van der Waals surface area contributed by atoms with E-state index < -0.39 is 0 Å². The maximum atomic E-state index is 5.96. The molecule has 2 aromatic rings. The van der Waals surface area contributed by atoms with Crippen molar-refractivity contribution < 1.29 is 4.74 Å². The maximum absolute atomic E-state index is 5.96. The Morgan fingerprint density at radius 2 is 1.96 bits per heavy atom. The molecule has 1 aromatic heterocycles. The van der Waals surface area contributed by atoms with E-state index >= 15 is 0 Å². The minimum absolute atomic E-state index is 0.321. The fraction of sp³-hybridized carbons (Fsp3) is 0.474. The summed E-state index contributed by atoms with van der Waals surface area (Å²) in [6.45, 7) is 4.98. The zero-order valence-electron chi connectivity index (χ0n) is 14.2. The van der Waals surface area contributed by atoms with Crippen LogP contribution in [0.2, 0.25) is 5.28 Å². The second-order valence-electron chi connectivity index (χ2n) is 6.85. The molecule has 3 heterocycles. The molecule has 0 bridgehead atoms. The van der Waals surface area contributed by atoms with Crippen LogP contribution in [0.15, 0.2) is 42.6 Å². The van der Waals surface area contributed by atoms with Gasteiger partial charge in [-0.15, -0.1) is 0 Å². The highest BCUT2D eigenvalue weighted by molar-refractivity contribution is 6.28. The number of hydrogen-bond donors (Lipinski definition) is 0. The van der Waals surface area contributed by atoms with Crippen LogP contribution in [0.25, 0.3) is 0 Å². The molecule has 6 heteroatoms. The summed E-state index contributed by atoms with van der Waals surface area (Å²) >= 11 is 5.93. The monoisotopic (exact) mass is 358 g/mol. The quantitative estimate of drug-likeness (QED) is 0.785. The molecule has 25 heavy (non-hydrogen) atoms. The van der Waals surface area contributed by atoms with Crippen molar-refractivity contribution in [1.82, 2.24) is 14.9 Å². The Morgan fingerprint density at radius 1 is 1.08 bits per heavy atom. The van der Waals surface area contributed by atoms with Crippen molar-refractivity contribution in [2.45, 2.75) is 18.9 Å². The van der Waals surface area contributed by atoms with Crippen LogP contribution < -0.4 is 9.64 Å². The molecular formula is C19H23ClN4O. The van der Waals surface area contributed by atoms with Crippen LogP contribution in [-0.4, -0.2) is 53.7 Å². The van der Waals surface area contributed by atoms with E-state index in [-0.39, 0.29) is 0 Å². The van der Waals surface area contributed by atoms with Crippen LogP contribution >= 0.6 is 11.6 Å². The van der Waals surface area contributed by atoms with Crippen molar-refractivity contribution >= 4 is 17.4 Å². The van der Waals surface area contributed by atoms with Gasteiger partial charge in [0.15, 0.2) is 0 Å². The van der Waals surface area contributed by atoms with Gasteiger partial charge >= 0.3 is 0 Å². The van der Waals surface area contributed by atoms with Crippen LogP contribution in [0.1, 0.15) is 12.8 Å². The standard InChI is InChI=1S/C19H23ClN4O/c20-19-21-9-8-18(22-19)24-11-10-23-12-15(6-7-16(23)13-24)14-25-17-4-2-1-3-5-17/h1-5,8-9,15-16H,6-7,10-14H2/t15-,16?/m1/s1. The molecule has 0 N–H and O–H groups in total. The molecule has 5 nitrogen and oxygen atoms in total. The van der Waals surface area contributed by atoms with Gasteiger partial charge in [0.05, 0.1) is 6.61 Å². The fourth-order valence-electron chi connectivity index (χ4n) is 3.84. The van der Waals surface area contributed by atoms with E-state index in [0.29, 0.717) is 17.2 Å². The molecule has 0 spiro atoms. The van der Waals surface area contributed by atoms with Gasteiger partial charge in [-0.1, -0.05) is 18.2 Å². The molecule has 2 aliphatic heterocycles. The Labute approximate surface area is 153 Å². The van der Waals surface area contributed by atoms with Crippen LogP contribution in [0.5, 0.6) is 5.75 Å². The topological polar surface area (TPSA) is 41.5 Å². The molecule has 2 fully saturated rings. The maximum Gasteiger partial charge on any atom is 0.224 e. The first kappa shape index (κ1) is 16.6. The van der Waals surface area contributed by atoms with Crippen LogP contribution in [-0.2, 0) is 0 Å². The van der Waals surface area contributed by atoms with E-state index in [1.54, 1.807) is 6.20 Å². The largest absolute Gasteiger partial charge is 0.493 e. The summed E-state index contributed by atoms with van der Waals surface area (Å²) in [5.41, 5.74) is 0. The molecule has 1 aromatic carbocycles. The third-order valence-electron chi connectivity index (χ3n) is 5.17. The first-order valence-electron chi connectivity index (χ1n) is 8.93. The zero-order chi connectivity index (χ0) is 17.1. The summed E-state index contributed by atoms with van der Waals surface area (Å²) in [5, 5.41) is 0.321. The fourth-order valence-corrected chi connectivity index (χ4v) is 3.98. The van der Waals surface area contributed by atoms with Gasteiger partial charge in [-0.05, 0) is 42.6 Å². The lowest BCUT2D eigenvalue weighted by atomic mass is 9.91. The molecule has 0 saturated carbocycles. The van der Waals surface area contributed by atoms with Crippen LogP contribution in [0.4, 0.5) is 5.82 Å². The van der Waals surface area contributed by atoms with Crippen LogP contribution in [0.3, 0.4) is 0 Å². The number of rotatable bonds is 4. The molecule has 2 aliphatic rings. The van der Waals surface area contributed by atoms with Crippen LogP contribution in [0, 0.1) is 5.92 Å². The van der Waals surface area contributed by atoms with Crippen molar-refractivity contribution in [2.75, 3.05) is 37.7 Å². The van der Waals surface area contributed by atoms with Gasteiger partial charge in [0.2, 0.25) is 5.28 Å². The summed E-state index contributed by atoms with van der Waals surface area (Å²) in [5.74, 6) is 2.51. The van der Waals surface area contributed by atoms with E-state index in [1.165, 1.54) is 12.8 Å². The SMILES string of the molecule is Clc1nccc(N2CCN3C[C@H](COc4ccccc4)CCC3C2)n1. The third-order valence-corrected chi connectivity index (χ3v) is 5.35. The van der Waals surface area contributed by atoms with Gasteiger partial charge < -0.3 is 9.64 Å². The molecule has 2 atom stereocenters. The number of piperidine rings is 1. The number of para-hydroxylation sites is 1. The molecule has 0 aliphatic carbocycles. The van der Waals surface area contributed by atoms with Gasteiger partial charge in [0, 0.05) is 44.3 Å². The summed E-state index contributed by atoms with van der Waals surface area (Å²) in [7, 11) is 0. The summed E-state index contributed by atoms with van der Waals surface area (Å²) in [6, 6.07) is 12.6. The number of hydrogen-bond acceptors (Lipinski definition) is 5. The predicted molar refractivity (Wildman–Crippen MR) is 99.3 cm³/mol. The van der Waals surface area contributed by atoms with Gasteiger partial charge in [0.25, 0.3) is 0 Å². The number of aromatic nitrogens is 2. The minimum Gasteiger partial charge on any atom is -0.493 e. The highest BCUT2D eigenvalue weighted by Gasteiger charge is 2.33. The average Bonchev–Trinajstić information content (AvgIpc) is 2.66. The normalized spacial score (nSPS) is 24.0. The van der Waals surface area contributed by atoms with E-state index in [9.17, 15) is 0 Å². The van der Waals surface area contributed by atoms with Gasteiger partial charge in [-0.3, -0.25) is 4.90 Å².